The van der Waals surface area contributed by atoms with Gasteiger partial charge in [-0.3, -0.25) is 4.79 Å². The molecule has 0 bridgehead atoms. The highest BCUT2D eigenvalue weighted by Crippen LogP contribution is 2.37. The molecule has 1 rings (SSSR count). The second-order valence-electron chi connectivity index (χ2n) is 8.49. The molecule has 0 aromatic heterocycles. The van der Waals surface area contributed by atoms with Crippen LogP contribution in [0.3, 0.4) is 0 Å². The Hall–Kier alpha value is -1.85. The number of carbonyl (C=O) groups is 3. The summed E-state index contributed by atoms with van der Waals surface area (Å²) in [5.74, 6) is -1.72. The summed E-state index contributed by atoms with van der Waals surface area (Å²) < 4.78 is 16.2. The van der Waals surface area contributed by atoms with E-state index in [0.717, 1.165) is 25.3 Å². The molecule has 0 unspecified atom stereocenters. The molecule has 1 fully saturated rings. The van der Waals surface area contributed by atoms with Crippen LogP contribution in [0.4, 0.5) is 0 Å². The van der Waals surface area contributed by atoms with Crippen molar-refractivity contribution in [1.82, 2.24) is 0 Å². The molecule has 30 heavy (non-hydrogen) atoms. The Balaban J connectivity index is 2.48. The standard InChI is InChI=1S/C24H40O6/c1-5-7-8-9-10-11-12-13-18-28-23(27)24(30-21(25)6-2)16-14-20(15-17-24)22(26)29-19(3)4/h6,19-20H,2,5,7-18H2,1,3-4H3. The van der Waals surface area contributed by atoms with E-state index in [-0.39, 0.29) is 30.8 Å². The van der Waals surface area contributed by atoms with E-state index in [1.165, 1.54) is 32.1 Å². The minimum atomic E-state index is -1.33. The first kappa shape index (κ1) is 26.2. The minimum Gasteiger partial charge on any atom is -0.463 e. The summed E-state index contributed by atoms with van der Waals surface area (Å²) in [5.41, 5.74) is -1.33. The molecule has 0 atom stereocenters. The third kappa shape index (κ3) is 9.31. The van der Waals surface area contributed by atoms with Crippen molar-refractivity contribution >= 4 is 17.9 Å². The van der Waals surface area contributed by atoms with Crippen LogP contribution in [0.2, 0.25) is 0 Å². The van der Waals surface area contributed by atoms with Crippen LogP contribution >= 0.6 is 0 Å². The Labute approximate surface area is 181 Å². The van der Waals surface area contributed by atoms with Crippen molar-refractivity contribution < 1.29 is 28.6 Å². The first-order chi connectivity index (χ1) is 14.3. The van der Waals surface area contributed by atoms with Crippen LogP contribution in [-0.4, -0.2) is 36.2 Å². The average Bonchev–Trinajstić information content (AvgIpc) is 2.72. The summed E-state index contributed by atoms with van der Waals surface area (Å²) in [6, 6.07) is 0. The zero-order chi connectivity index (χ0) is 22.4. The van der Waals surface area contributed by atoms with E-state index in [9.17, 15) is 14.4 Å². The number of hydrogen-bond donors (Lipinski definition) is 0. The highest BCUT2D eigenvalue weighted by molar-refractivity contribution is 5.88. The van der Waals surface area contributed by atoms with Gasteiger partial charge in [-0.15, -0.1) is 0 Å². The maximum atomic E-state index is 12.8. The van der Waals surface area contributed by atoms with E-state index in [1.807, 2.05) is 0 Å². The zero-order valence-electron chi connectivity index (χ0n) is 19.1. The predicted molar refractivity (Wildman–Crippen MR) is 116 cm³/mol. The van der Waals surface area contributed by atoms with Crippen molar-refractivity contribution in [3.63, 3.8) is 0 Å². The quantitative estimate of drug-likeness (QED) is 0.163. The van der Waals surface area contributed by atoms with E-state index < -0.39 is 17.5 Å². The topological polar surface area (TPSA) is 78.9 Å². The van der Waals surface area contributed by atoms with Crippen LogP contribution in [-0.2, 0) is 28.6 Å². The lowest BCUT2D eigenvalue weighted by molar-refractivity contribution is -0.186. The molecular formula is C24H40O6. The summed E-state index contributed by atoms with van der Waals surface area (Å²) in [6.07, 6.45) is 11.5. The van der Waals surface area contributed by atoms with Gasteiger partial charge in [-0.2, -0.15) is 0 Å². The molecular weight excluding hydrogens is 384 g/mol. The molecule has 0 amide bonds. The second-order valence-corrected chi connectivity index (χ2v) is 8.49. The Kier molecular flexibility index (Phi) is 12.4. The largest absolute Gasteiger partial charge is 0.463 e. The van der Waals surface area contributed by atoms with Crippen molar-refractivity contribution in [3.05, 3.63) is 12.7 Å². The van der Waals surface area contributed by atoms with Crippen molar-refractivity contribution in [2.24, 2.45) is 5.92 Å². The van der Waals surface area contributed by atoms with Crippen LogP contribution < -0.4 is 0 Å². The van der Waals surface area contributed by atoms with Crippen molar-refractivity contribution in [2.45, 2.75) is 110 Å². The second kappa shape index (κ2) is 14.2. The van der Waals surface area contributed by atoms with Gasteiger partial charge in [-0.25, -0.2) is 9.59 Å². The molecule has 0 aliphatic heterocycles. The molecule has 0 aromatic carbocycles. The summed E-state index contributed by atoms with van der Waals surface area (Å²) in [4.78, 5) is 36.8. The summed E-state index contributed by atoms with van der Waals surface area (Å²) >= 11 is 0. The number of unbranched alkanes of at least 4 members (excludes halogenated alkanes) is 7. The van der Waals surface area contributed by atoms with E-state index in [4.69, 9.17) is 14.2 Å². The smallest absolute Gasteiger partial charge is 0.350 e. The number of hydrogen-bond acceptors (Lipinski definition) is 6. The zero-order valence-corrected chi connectivity index (χ0v) is 19.1. The van der Waals surface area contributed by atoms with E-state index >= 15 is 0 Å². The van der Waals surface area contributed by atoms with E-state index in [2.05, 4.69) is 13.5 Å². The molecule has 1 aliphatic carbocycles. The highest BCUT2D eigenvalue weighted by atomic mass is 16.6. The molecule has 172 valence electrons. The Morgan fingerprint density at radius 2 is 1.57 bits per heavy atom. The van der Waals surface area contributed by atoms with Gasteiger partial charge in [0.2, 0.25) is 5.60 Å². The highest BCUT2D eigenvalue weighted by Gasteiger charge is 2.48. The van der Waals surface area contributed by atoms with Crippen LogP contribution in [0.15, 0.2) is 12.7 Å². The maximum Gasteiger partial charge on any atom is 0.350 e. The normalized spacial score (nSPS) is 21.1. The van der Waals surface area contributed by atoms with Gasteiger partial charge < -0.3 is 14.2 Å². The molecule has 0 spiro atoms. The Bertz CT molecular complexity index is 546. The third-order valence-electron chi connectivity index (χ3n) is 5.54. The Morgan fingerprint density at radius 1 is 1.00 bits per heavy atom. The van der Waals surface area contributed by atoms with Gasteiger partial charge in [0.25, 0.3) is 0 Å². The molecule has 0 saturated heterocycles. The first-order valence-electron chi connectivity index (χ1n) is 11.6. The molecule has 0 aromatic rings. The molecule has 0 N–H and O–H groups in total. The van der Waals surface area contributed by atoms with Crippen molar-refractivity contribution in [2.75, 3.05) is 6.61 Å². The minimum absolute atomic E-state index is 0.181. The molecule has 1 aliphatic rings. The van der Waals surface area contributed by atoms with Crippen LogP contribution in [0.5, 0.6) is 0 Å². The van der Waals surface area contributed by atoms with E-state index in [1.54, 1.807) is 13.8 Å². The molecule has 0 heterocycles. The lowest BCUT2D eigenvalue weighted by Gasteiger charge is -2.36. The number of esters is 3. The predicted octanol–water partition coefficient (Wildman–Crippen LogP) is 5.28. The van der Waals surface area contributed by atoms with Gasteiger partial charge in [0, 0.05) is 6.08 Å². The van der Waals surface area contributed by atoms with E-state index in [0.29, 0.717) is 19.4 Å². The van der Waals surface area contributed by atoms with Gasteiger partial charge in [0.15, 0.2) is 0 Å². The monoisotopic (exact) mass is 424 g/mol. The van der Waals surface area contributed by atoms with Crippen molar-refractivity contribution in [3.8, 4) is 0 Å². The number of ether oxygens (including phenoxy) is 3. The average molecular weight is 425 g/mol. The molecule has 0 radical (unpaired) electrons. The lowest BCUT2D eigenvalue weighted by atomic mass is 9.78. The van der Waals surface area contributed by atoms with Crippen LogP contribution in [0.1, 0.15) is 97.8 Å². The van der Waals surface area contributed by atoms with Gasteiger partial charge in [0.1, 0.15) is 0 Å². The fraction of sp³-hybridized carbons (Fsp3) is 0.792. The van der Waals surface area contributed by atoms with Gasteiger partial charge in [0.05, 0.1) is 18.6 Å². The summed E-state index contributed by atoms with van der Waals surface area (Å²) in [5, 5.41) is 0. The third-order valence-corrected chi connectivity index (χ3v) is 5.54. The molecule has 6 heteroatoms. The van der Waals surface area contributed by atoms with Crippen LogP contribution in [0.25, 0.3) is 0 Å². The summed E-state index contributed by atoms with van der Waals surface area (Å²) in [7, 11) is 0. The number of rotatable bonds is 14. The molecule has 1 saturated carbocycles. The number of carbonyl (C=O) groups excluding carboxylic acids is 3. The lowest BCUT2D eigenvalue weighted by Crippen LogP contribution is -2.48. The Morgan fingerprint density at radius 3 is 2.10 bits per heavy atom. The summed E-state index contributed by atoms with van der Waals surface area (Å²) in [6.45, 7) is 9.55. The first-order valence-corrected chi connectivity index (χ1v) is 11.6. The van der Waals surface area contributed by atoms with Crippen LogP contribution in [0, 0.1) is 5.92 Å². The fourth-order valence-electron chi connectivity index (χ4n) is 3.76. The van der Waals surface area contributed by atoms with Crippen molar-refractivity contribution in [1.29, 1.82) is 0 Å². The fourth-order valence-corrected chi connectivity index (χ4v) is 3.76. The van der Waals surface area contributed by atoms with Gasteiger partial charge in [-0.1, -0.05) is 58.4 Å². The maximum absolute atomic E-state index is 12.8. The SMILES string of the molecule is C=CC(=O)OC1(C(=O)OCCCCCCCCCC)CCC(C(=O)OC(C)C)CC1. The van der Waals surface area contributed by atoms with Gasteiger partial charge in [-0.05, 0) is 46.0 Å². The van der Waals surface area contributed by atoms with Gasteiger partial charge >= 0.3 is 17.9 Å². The molecule has 6 nitrogen and oxygen atoms in total.